The summed E-state index contributed by atoms with van der Waals surface area (Å²) in [5, 5.41) is 11.7. The van der Waals surface area contributed by atoms with Crippen LogP contribution in [0.5, 0.6) is 0 Å². The Hall–Kier alpha value is -2.71. The number of aryl methyl sites for hydroxylation is 2. The molecule has 0 aliphatic carbocycles. The number of rotatable bonds is 6. The van der Waals surface area contributed by atoms with Crippen molar-refractivity contribution in [2.45, 2.75) is 36.8 Å². The van der Waals surface area contributed by atoms with Crippen LogP contribution in [0.25, 0.3) is 0 Å². The standard InChI is InChI=1S/C24H26N4O2S2/c1-16-7-9-18(10-8-16)15-31-24-27-26-23(32-24)25-21(29)19-11-13-28(14-12-19)22(30)20-6-4-3-5-17(20)2/h3-10,19H,11-15H2,1-2H3,(H,25,26,29). The highest BCUT2D eigenvalue weighted by molar-refractivity contribution is 8.00. The van der Waals surface area contributed by atoms with Crippen LogP contribution in [0.3, 0.4) is 0 Å². The third kappa shape index (κ3) is 5.55. The van der Waals surface area contributed by atoms with Crippen molar-refractivity contribution in [1.82, 2.24) is 15.1 Å². The minimum atomic E-state index is -0.122. The van der Waals surface area contributed by atoms with Gasteiger partial charge < -0.3 is 10.2 Å². The molecule has 2 aromatic carbocycles. The Morgan fingerprint density at radius 1 is 1.06 bits per heavy atom. The van der Waals surface area contributed by atoms with Gasteiger partial charge in [-0.2, -0.15) is 0 Å². The van der Waals surface area contributed by atoms with Crippen LogP contribution in [-0.2, 0) is 10.5 Å². The second-order valence-electron chi connectivity index (χ2n) is 8.02. The Labute approximate surface area is 196 Å². The van der Waals surface area contributed by atoms with Gasteiger partial charge in [-0.05, 0) is 43.9 Å². The highest BCUT2D eigenvalue weighted by atomic mass is 32.2. The summed E-state index contributed by atoms with van der Waals surface area (Å²) in [6, 6.07) is 16.1. The number of nitrogens with one attached hydrogen (secondary N) is 1. The van der Waals surface area contributed by atoms with Crippen LogP contribution in [-0.4, -0.2) is 40.0 Å². The lowest BCUT2D eigenvalue weighted by molar-refractivity contribution is -0.121. The van der Waals surface area contributed by atoms with Crippen LogP contribution in [0.15, 0.2) is 52.9 Å². The van der Waals surface area contributed by atoms with Crippen molar-refractivity contribution in [2.75, 3.05) is 18.4 Å². The summed E-state index contributed by atoms with van der Waals surface area (Å²) in [5.41, 5.74) is 4.18. The fourth-order valence-corrected chi connectivity index (χ4v) is 5.39. The summed E-state index contributed by atoms with van der Waals surface area (Å²) in [7, 11) is 0. The molecule has 4 rings (SSSR count). The van der Waals surface area contributed by atoms with Gasteiger partial charge in [-0.3, -0.25) is 9.59 Å². The Morgan fingerprint density at radius 3 is 2.50 bits per heavy atom. The van der Waals surface area contributed by atoms with Gasteiger partial charge in [0.2, 0.25) is 11.0 Å². The van der Waals surface area contributed by atoms with Gasteiger partial charge >= 0.3 is 0 Å². The first kappa shape index (κ1) is 22.5. The van der Waals surface area contributed by atoms with E-state index in [1.54, 1.807) is 11.8 Å². The van der Waals surface area contributed by atoms with E-state index in [1.165, 1.54) is 22.5 Å². The molecular weight excluding hydrogens is 440 g/mol. The molecule has 1 aliphatic rings. The van der Waals surface area contributed by atoms with E-state index in [-0.39, 0.29) is 17.7 Å². The SMILES string of the molecule is Cc1ccc(CSc2nnc(NC(=O)C3CCN(C(=O)c4ccccc4C)CC3)s2)cc1. The number of hydrogen-bond acceptors (Lipinski definition) is 6. The number of carbonyl (C=O) groups is 2. The molecule has 0 radical (unpaired) electrons. The van der Waals surface area contributed by atoms with Crippen LogP contribution < -0.4 is 5.32 Å². The van der Waals surface area contributed by atoms with Gasteiger partial charge in [0, 0.05) is 30.3 Å². The molecule has 2 amide bonds. The zero-order valence-electron chi connectivity index (χ0n) is 18.2. The predicted molar refractivity (Wildman–Crippen MR) is 129 cm³/mol. The van der Waals surface area contributed by atoms with Crippen molar-refractivity contribution in [3.63, 3.8) is 0 Å². The highest BCUT2D eigenvalue weighted by Gasteiger charge is 2.28. The molecule has 1 aliphatic heterocycles. The van der Waals surface area contributed by atoms with Crippen LogP contribution >= 0.6 is 23.1 Å². The molecule has 32 heavy (non-hydrogen) atoms. The maximum atomic E-state index is 12.8. The van der Waals surface area contributed by atoms with E-state index < -0.39 is 0 Å². The fourth-order valence-electron chi connectivity index (χ4n) is 3.68. The van der Waals surface area contributed by atoms with E-state index in [0.29, 0.717) is 31.1 Å². The number of carbonyl (C=O) groups excluding carboxylic acids is 2. The lowest BCUT2D eigenvalue weighted by atomic mass is 9.95. The summed E-state index contributed by atoms with van der Waals surface area (Å²) in [6.07, 6.45) is 1.30. The van der Waals surface area contributed by atoms with Gasteiger partial charge in [-0.25, -0.2) is 0 Å². The first-order valence-electron chi connectivity index (χ1n) is 10.7. The number of benzene rings is 2. The van der Waals surface area contributed by atoms with Gasteiger partial charge in [-0.15, -0.1) is 10.2 Å². The maximum absolute atomic E-state index is 12.8. The zero-order chi connectivity index (χ0) is 22.5. The molecule has 0 saturated carbocycles. The van der Waals surface area contributed by atoms with Gasteiger partial charge in [0.15, 0.2) is 4.34 Å². The lowest BCUT2D eigenvalue weighted by Gasteiger charge is -2.31. The number of amides is 2. The molecule has 6 nitrogen and oxygen atoms in total. The lowest BCUT2D eigenvalue weighted by Crippen LogP contribution is -2.41. The van der Waals surface area contributed by atoms with Gasteiger partial charge in [-0.1, -0.05) is 71.1 Å². The van der Waals surface area contributed by atoms with Gasteiger partial charge in [0.1, 0.15) is 0 Å². The van der Waals surface area contributed by atoms with Crippen LogP contribution in [0, 0.1) is 19.8 Å². The Kier molecular flexibility index (Phi) is 7.22. The number of aromatic nitrogens is 2. The van der Waals surface area contributed by atoms with Gasteiger partial charge in [0.25, 0.3) is 5.91 Å². The first-order chi connectivity index (χ1) is 15.5. The predicted octanol–water partition coefficient (Wildman–Crippen LogP) is 4.94. The van der Waals surface area contributed by atoms with Crippen LogP contribution in [0.4, 0.5) is 5.13 Å². The average Bonchev–Trinajstić information content (AvgIpc) is 3.26. The normalized spacial score (nSPS) is 14.4. The Morgan fingerprint density at radius 2 is 1.78 bits per heavy atom. The van der Waals surface area contributed by atoms with E-state index in [2.05, 4.69) is 46.7 Å². The molecule has 0 bridgehead atoms. The first-order valence-corrected chi connectivity index (χ1v) is 12.5. The summed E-state index contributed by atoms with van der Waals surface area (Å²) >= 11 is 3.01. The molecule has 166 valence electrons. The van der Waals surface area contributed by atoms with E-state index in [0.717, 1.165) is 21.2 Å². The molecule has 3 aromatic rings. The zero-order valence-corrected chi connectivity index (χ0v) is 19.8. The molecule has 0 atom stereocenters. The van der Waals surface area contributed by atoms with E-state index in [9.17, 15) is 9.59 Å². The minimum absolute atomic E-state index is 0.0424. The van der Waals surface area contributed by atoms with Crippen molar-refractivity contribution in [3.05, 3.63) is 70.8 Å². The molecule has 0 unspecified atom stereocenters. The van der Waals surface area contributed by atoms with Gasteiger partial charge in [0.05, 0.1) is 0 Å². The molecule has 1 aromatic heterocycles. The molecule has 1 fully saturated rings. The van der Waals surface area contributed by atoms with Crippen molar-refractivity contribution < 1.29 is 9.59 Å². The molecule has 2 heterocycles. The third-order valence-electron chi connectivity index (χ3n) is 5.65. The smallest absolute Gasteiger partial charge is 0.254 e. The van der Waals surface area contributed by atoms with E-state index in [4.69, 9.17) is 0 Å². The third-order valence-corrected chi connectivity index (χ3v) is 7.69. The van der Waals surface area contributed by atoms with E-state index >= 15 is 0 Å². The monoisotopic (exact) mass is 466 g/mol. The Balaban J connectivity index is 1.26. The van der Waals surface area contributed by atoms with Crippen LogP contribution in [0.2, 0.25) is 0 Å². The summed E-state index contributed by atoms with van der Waals surface area (Å²) < 4.78 is 0.833. The molecular formula is C24H26N4O2S2. The second-order valence-corrected chi connectivity index (χ2v) is 10.2. The quantitative estimate of drug-likeness (QED) is 0.411. The van der Waals surface area contributed by atoms with E-state index in [1.807, 2.05) is 36.1 Å². The number of thioether (sulfide) groups is 1. The van der Waals surface area contributed by atoms with Crippen LogP contribution in [0.1, 0.15) is 39.9 Å². The second kappa shape index (κ2) is 10.3. The summed E-state index contributed by atoms with van der Waals surface area (Å²) in [4.78, 5) is 27.3. The van der Waals surface area contributed by atoms with Crippen molar-refractivity contribution in [2.24, 2.45) is 5.92 Å². The highest BCUT2D eigenvalue weighted by Crippen LogP contribution is 2.29. The number of likely N-dealkylation sites (tertiary alicyclic amines) is 1. The number of anilines is 1. The largest absolute Gasteiger partial charge is 0.339 e. The van der Waals surface area contributed by atoms with Crippen molar-refractivity contribution >= 4 is 40.0 Å². The molecule has 1 N–H and O–H groups in total. The number of nitrogens with zero attached hydrogens (tertiary/aromatic N) is 3. The molecule has 0 spiro atoms. The maximum Gasteiger partial charge on any atom is 0.254 e. The fraction of sp³-hybridized carbons (Fsp3) is 0.333. The topological polar surface area (TPSA) is 75.2 Å². The number of piperidine rings is 1. The average molecular weight is 467 g/mol. The summed E-state index contributed by atoms with van der Waals surface area (Å²) in [5.74, 6) is 0.694. The van der Waals surface area contributed by atoms with Crippen molar-refractivity contribution in [3.8, 4) is 0 Å². The summed E-state index contributed by atoms with van der Waals surface area (Å²) in [6.45, 7) is 5.18. The minimum Gasteiger partial charge on any atom is -0.339 e. The molecule has 8 heteroatoms. The van der Waals surface area contributed by atoms with Crippen molar-refractivity contribution in [1.29, 1.82) is 0 Å². The number of hydrogen-bond donors (Lipinski definition) is 1. The Bertz CT molecular complexity index is 1090. The molecule has 1 saturated heterocycles.